The second-order valence-corrected chi connectivity index (χ2v) is 7.61. The Balaban J connectivity index is 1.57. The molecule has 2 aromatic rings. The van der Waals surface area contributed by atoms with Crippen LogP contribution < -0.4 is 0 Å². The maximum absolute atomic E-state index is 12.8. The van der Waals surface area contributed by atoms with Crippen molar-refractivity contribution in [3.8, 4) is 9.75 Å². The van der Waals surface area contributed by atoms with Crippen molar-refractivity contribution in [1.29, 1.82) is 0 Å². The Bertz CT molecular complexity index is 627. The average molecular weight is 318 g/mol. The molecule has 5 heterocycles. The van der Waals surface area contributed by atoms with Crippen LogP contribution in [0.5, 0.6) is 0 Å². The summed E-state index contributed by atoms with van der Waals surface area (Å²) < 4.78 is 0. The van der Waals surface area contributed by atoms with Gasteiger partial charge in [-0.15, -0.1) is 22.7 Å². The van der Waals surface area contributed by atoms with Crippen molar-refractivity contribution in [3.63, 3.8) is 0 Å². The fourth-order valence-electron chi connectivity index (χ4n) is 3.32. The van der Waals surface area contributed by atoms with E-state index in [1.807, 2.05) is 5.38 Å². The van der Waals surface area contributed by atoms with Crippen LogP contribution in [0.25, 0.3) is 9.75 Å². The maximum atomic E-state index is 12.8. The van der Waals surface area contributed by atoms with Crippen molar-refractivity contribution in [1.82, 2.24) is 9.80 Å². The number of hydrogen-bond acceptors (Lipinski definition) is 4. The van der Waals surface area contributed by atoms with E-state index < -0.39 is 0 Å². The molecule has 0 saturated carbocycles. The lowest BCUT2D eigenvalue weighted by molar-refractivity contribution is 0.0685. The Hall–Kier alpha value is -1.17. The van der Waals surface area contributed by atoms with Crippen molar-refractivity contribution in [2.24, 2.45) is 0 Å². The lowest BCUT2D eigenvalue weighted by Gasteiger charge is -2.31. The molecular formula is C16H18N2OS2. The van der Waals surface area contributed by atoms with Gasteiger partial charge in [-0.1, -0.05) is 6.07 Å². The molecule has 0 unspecified atom stereocenters. The lowest BCUT2D eigenvalue weighted by Crippen LogP contribution is -2.41. The molecule has 3 saturated heterocycles. The monoisotopic (exact) mass is 318 g/mol. The smallest absolute Gasteiger partial charge is 0.255 e. The first-order chi connectivity index (χ1) is 10.3. The summed E-state index contributed by atoms with van der Waals surface area (Å²) in [5.74, 6) is 0.225. The summed E-state index contributed by atoms with van der Waals surface area (Å²) in [5.41, 5.74) is 0.865. The first-order valence-corrected chi connectivity index (χ1v) is 9.23. The van der Waals surface area contributed by atoms with Crippen molar-refractivity contribution in [2.45, 2.75) is 18.9 Å². The van der Waals surface area contributed by atoms with Crippen LogP contribution in [0.4, 0.5) is 0 Å². The molecule has 3 fully saturated rings. The van der Waals surface area contributed by atoms with E-state index in [0.29, 0.717) is 6.04 Å². The van der Waals surface area contributed by atoms with Crippen LogP contribution in [-0.4, -0.2) is 47.9 Å². The van der Waals surface area contributed by atoms with Gasteiger partial charge in [-0.25, -0.2) is 0 Å². The molecule has 3 nitrogen and oxygen atoms in total. The number of carbonyl (C=O) groups excluding carboxylic acids is 1. The molecule has 110 valence electrons. The zero-order valence-corrected chi connectivity index (χ0v) is 13.5. The normalized spacial score (nSPS) is 25.0. The standard InChI is InChI=1S/C16H18N2OS2/c19-16(18-8-7-17-5-3-13(18)4-6-17)12-10-15(21-11-12)14-2-1-9-20-14/h1-2,9-11,13H,3-8H2. The van der Waals surface area contributed by atoms with Crippen LogP contribution in [0.1, 0.15) is 23.2 Å². The molecule has 2 aromatic heterocycles. The van der Waals surface area contributed by atoms with Gasteiger partial charge >= 0.3 is 0 Å². The molecule has 0 spiro atoms. The molecule has 0 aromatic carbocycles. The van der Waals surface area contributed by atoms with Gasteiger partial charge in [-0.3, -0.25) is 4.79 Å². The first kappa shape index (κ1) is 13.5. The number of piperidine rings is 1. The Labute approximate surface area is 132 Å². The topological polar surface area (TPSA) is 23.6 Å². The van der Waals surface area contributed by atoms with Crippen molar-refractivity contribution in [2.75, 3.05) is 26.2 Å². The van der Waals surface area contributed by atoms with Crippen molar-refractivity contribution < 1.29 is 4.79 Å². The van der Waals surface area contributed by atoms with Crippen LogP contribution >= 0.6 is 22.7 Å². The van der Waals surface area contributed by atoms with Gasteiger partial charge in [0.25, 0.3) is 5.91 Å². The number of rotatable bonds is 2. The van der Waals surface area contributed by atoms with Crippen LogP contribution in [0.3, 0.4) is 0 Å². The molecule has 1 amide bonds. The van der Waals surface area contributed by atoms with Gasteiger partial charge in [0.2, 0.25) is 0 Å². The minimum absolute atomic E-state index is 0.225. The summed E-state index contributed by atoms with van der Waals surface area (Å²) >= 11 is 3.41. The highest BCUT2D eigenvalue weighted by atomic mass is 32.1. The molecule has 5 heteroatoms. The molecule has 0 radical (unpaired) electrons. The molecule has 3 aliphatic rings. The zero-order chi connectivity index (χ0) is 14.2. The fraction of sp³-hybridized carbons (Fsp3) is 0.438. The van der Waals surface area contributed by atoms with Gasteiger partial charge in [-0.2, -0.15) is 0 Å². The highest BCUT2D eigenvalue weighted by molar-refractivity contribution is 7.20. The van der Waals surface area contributed by atoms with Gasteiger partial charge in [0.05, 0.1) is 5.56 Å². The second-order valence-electron chi connectivity index (χ2n) is 5.75. The van der Waals surface area contributed by atoms with Gasteiger partial charge in [-0.05, 0) is 30.4 Å². The van der Waals surface area contributed by atoms with Crippen molar-refractivity contribution in [3.05, 3.63) is 34.5 Å². The number of hydrogen-bond donors (Lipinski definition) is 0. The number of nitrogens with zero attached hydrogens (tertiary/aromatic N) is 2. The third-order valence-electron chi connectivity index (χ3n) is 4.53. The zero-order valence-electron chi connectivity index (χ0n) is 11.8. The van der Waals surface area contributed by atoms with E-state index in [-0.39, 0.29) is 5.91 Å². The molecular weight excluding hydrogens is 300 g/mol. The molecule has 21 heavy (non-hydrogen) atoms. The van der Waals surface area contributed by atoms with E-state index in [4.69, 9.17) is 0 Å². The fourth-order valence-corrected chi connectivity index (χ4v) is 5.04. The summed E-state index contributed by atoms with van der Waals surface area (Å²) in [6, 6.07) is 6.69. The van der Waals surface area contributed by atoms with E-state index in [1.54, 1.807) is 22.7 Å². The number of amides is 1. The summed E-state index contributed by atoms with van der Waals surface area (Å²) in [7, 11) is 0. The second kappa shape index (κ2) is 5.55. The summed E-state index contributed by atoms with van der Waals surface area (Å²) in [6.07, 6.45) is 2.27. The predicted molar refractivity (Wildman–Crippen MR) is 88.1 cm³/mol. The van der Waals surface area contributed by atoms with Crippen LogP contribution in [0.2, 0.25) is 0 Å². The van der Waals surface area contributed by atoms with Gasteiger partial charge in [0.15, 0.2) is 0 Å². The Kier molecular flexibility index (Phi) is 3.57. The van der Waals surface area contributed by atoms with Crippen LogP contribution in [-0.2, 0) is 0 Å². The lowest BCUT2D eigenvalue weighted by atomic mass is 10.0. The Morgan fingerprint density at radius 2 is 1.95 bits per heavy atom. The SMILES string of the molecule is O=C(c1csc(-c2cccs2)c1)N1CCN2CCC1CC2. The van der Waals surface area contributed by atoms with Gasteiger partial charge in [0, 0.05) is 47.4 Å². The van der Waals surface area contributed by atoms with Crippen LogP contribution in [0, 0.1) is 0 Å². The quantitative estimate of drug-likeness (QED) is 0.847. The van der Waals surface area contributed by atoms with Crippen molar-refractivity contribution >= 4 is 28.6 Å². The summed E-state index contributed by atoms with van der Waals surface area (Å²) in [4.78, 5) is 19.9. The molecule has 3 aliphatic heterocycles. The average Bonchev–Trinajstić information content (AvgIpc) is 3.12. The Morgan fingerprint density at radius 3 is 2.71 bits per heavy atom. The molecule has 0 atom stereocenters. The minimum Gasteiger partial charge on any atom is -0.334 e. The Morgan fingerprint density at radius 1 is 1.10 bits per heavy atom. The molecule has 2 bridgehead atoms. The highest BCUT2D eigenvalue weighted by Crippen LogP contribution is 2.32. The van der Waals surface area contributed by atoms with Gasteiger partial charge in [0.1, 0.15) is 0 Å². The summed E-state index contributed by atoms with van der Waals surface area (Å²) in [5, 5.41) is 4.10. The van der Waals surface area contributed by atoms with E-state index >= 15 is 0 Å². The largest absolute Gasteiger partial charge is 0.334 e. The highest BCUT2D eigenvalue weighted by Gasteiger charge is 2.32. The van der Waals surface area contributed by atoms with E-state index in [0.717, 1.165) is 44.6 Å². The number of carbonyl (C=O) groups is 1. The van der Waals surface area contributed by atoms with Gasteiger partial charge < -0.3 is 9.80 Å². The number of thiophene rings is 2. The molecule has 5 rings (SSSR count). The third kappa shape index (κ3) is 2.54. The minimum atomic E-state index is 0.225. The molecule has 0 aliphatic carbocycles. The molecule has 0 N–H and O–H groups in total. The van der Waals surface area contributed by atoms with E-state index in [2.05, 4.69) is 33.4 Å². The predicted octanol–water partition coefficient (Wildman–Crippen LogP) is 3.40. The van der Waals surface area contributed by atoms with E-state index in [1.165, 1.54) is 9.75 Å². The summed E-state index contributed by atoms with van der Waals surface area (Å²) in [6.45, 7) is 4.22. The van der Waals surface area contributed by atoms with Crippen LogP contribution in [0.15, 0.2) is 29.0 Å². The number of fused-ring (bicyclic) bond motifs is 4. The van der Waals surface area contributed by atoms with E-state index in [9.17, 15) is 4.79 Å². The third-order valence-corrected chi connectivity index (χ3v) is 6.52. The maximum Gasteiger partial charge on any atom is 0.255 e. The first-order valence-electron chi connectivity index (χ1n) is 7.47.